The van der Waals surface area contributed by atoms with Crippen molar-refractivity contribution in [2.75, 3.05) is 19.0 Å². The Kier molecular flexibility index (Phi) is 6.19. The van der Waals surface area contributed by atoms with Crippen LogP contribution in [0.4, 0.5) is 0 Å². The molecule has 1 aliphatic rings. The second-order valence-electron chi connectivity index (χ2n) is 5.73. The van der Waals surface area contributed by atoms with Crippen LogP contribution in [-0.2, 0) is 20.4 Å². The number of hydrogen-bond donors (Lipinski definition) is 2. The van der Waals surface area contributed by atoms with Crippen LogP contribution in [0.15, 0.2) is 23.1 Å². The van der Waals surface area contributed by atoms with Crippen molar-refractivity contribution in [3.05, 3.63) is 18.2 Å². The Morgan fingerprint density at radius 2 is 1.92 bits per heavy atom. The van der Waals surface area contributed by atoms with Crippen molar-refractivity contribution in [2.45, 2.75) is 31.2 Å². The summed E-state index contributed by atoms with van der Waals surface area (Å²) in [6.45, 7) is 4.35. The molecular formula is C16H21NO6S. The van der Waals surface area contributed by atoms with Gasteiger partial charge in [-0.3, -0.25) is 9.00 Å². The van der Waals surface area contributed by atoms with Gasteiger partial charge < -0.3 is 19.9 Å². The van der Waals surface area contributed by atoms with E-state index in [0.717, 1.165) is 0 Å². The topological polar surface area (TPSA) is 102 Å². The summed E-state index contributed by atoms with van der Waals surface area (Å²) < 4.78 is 23.1. The van der Waals surface area contributed by atoms with Crippen LogP contribution < -0.4 is 14.8 Å². The van der Waals surface area contributed by atoms with E-state index in [1.807, 2.05) is 0 Å². The number of nitrogens with one attached hydrogen (secondary N) is 1. The summed E-state index contributed by atoms with van der Waals surface area (Å²) in [6, 6.07) is 4.08. The average molecular weight is 355 g/mol. The van der Waals surface area contributed by atoms with E-state index in [4.69, 9.17) is 14.6 Å². The van der Waals surface area contributed by atoms with E-state index < -0.39 is 28.7 Å². The Bertz CT molecular complexity index is 645. The highest BCUT2D eigenvalue weighted by Gasteiger charge is 2.23. The zero-order chi connectivity index (χ0) is 17.7. The number of carboxylic acid groups (broad SMARTS) is 1. The Morgan fingerprint density at radius 3 is 2.54 bits per heavy atom. The lowest BCUT2D eigenvalue weighted by Crippen LogP contribution is -2.44. The number of ether oxygens (including phenoxy) is 2. The molecule has 8 heteroatoms. The van der Waals surface area contributed by atoms with Gasteiger partial charge in [0.05, 0.1) is 10.8 Å². The van der Waals surface area contributed by atoms with Crippen molar-refractivity contribution in [3.8, 4) is 11.5 Å². The summed E-state index contributed by atoms with van der Waals surface area (Å²) in [7, 11) is -1.38. The van der Waals surface area contributed by atoms with E-state index in [-0.39, 0.29) is 18.1 Å². The molecule has 0 bridgehead atoms. The largest absolute Gasteiger partial charge is 0.486 e. The lowest BCUT2D eigenvalue weighted by molar-refractivity contribution is -0.143. The molecular weight excluding hydrogens is 334 g/mol. The highest BCUT2D eigenvalue weighted by molar-refractivity contribution is 7.85. The quantitative estimate of drug-likeness (QED) is 0.761. The fourth-order valence-corrected chi connectivity index (χ4v) is 3.29. The minimum Gasteiger partial charge on any atom is -0.486 e. The number of rotatable bonds is 7. The molecule has 1 unspecified atom stereocenters. The van der Waals surface area contributed by atoms with Crippen molar-refractivity contribution in [1.82, 2.24) is 5.32 Å². The standard InChI is InChI=1S/C16H21NO6S/c1-10(2)15(16(19)20)17-14(18)5-8-24(21)11-3-4-12-13(9-11)23-7-6-22-12/h3-4,9-10,15H,5-8H2,1-2H3,(H,17,18)(H,19,20)/t15-,24?/m0/s1. The van der Waals surface area contributed by atoms with Gasteiger partial charge in [-0.15, -0.1) is 0 Å². The van der Waals surface area contributed by atoms with Gasteiger partial charge in [-0.25, -0.2) is 4.79 Å². The van der Waals surface area contributed by atoms with Crippen molar-refractivity contribution in [1.29, 1.82) is 0 Å². The van der Waals surface area contributed by atoms with Gasteiger partial charge in [-0.1, -0.05) is 13.8 Å². The third-order valence-electron chi connectivity index (χ3n) is 3.54. The van der Waals surface area contributed by atoms with E-state index in [0.29, 0.717) is 29.6 Å². The summed E-state index contributed by atoms with van der Waals surface area (Å²) in [5.41, 5.74) is 0. The number of carbonyl (C=O) groups is 2. The van der Waals surface area contributed by atoms with E-state index in [2.05, 4.69) is 5.32 Å². The van der Waals surface area contributed by atoms with Gasteiger partial charge in [-0.2, -0.15) is 0 Å². The van der Waals surface area contributed by atoms with Crippen LogP contribution >= 0.6 is 0 Å². The third kappa shape index (κ3) is 4.70. The van der Waals surface area contributed by atoms with Crippen molar-refractivity contribution in [3.63, 3.8) is 0 Å². The second-order valence-corrected chi connectivity index (χ2v) is 7.30. The number of benzene rings is 1. The lowest BCUT2D eigenvalue weighted by Gasteiger charge is -2.19. The van der Waals surface area contributed by atoms with Crippen LogP contribution in [0, 0.1) is 5.92 Å². The molecule has 2 atom stereocenters. The zero-order valence-electron chi connectivity index (χ0n) is 13.6. The molecule has 1 aromatic rings. The Balaban J connectivity index is 1.90. The van der Waals surface area contributed by atoms with Gasteiger partial charge in [0.1, 0.15) is 19.3 Å². The van der Waals surface area contributed by atoms with Crippen LogP contribution in [0.25, 0.3) is 0 Å². The van der Waals surface area contributed by atoms with Gasteiger partial charge in [-0.05, 0) is 18.1 Å². The molecule has 132 valence electrons. The average Bonchev–Trinajstić information content (AvgIpc) is 2.56. The normalized spacial score (nSPS) is 15.6. The second kappa shape index (κ2) is 8.14. The number of carboxylic acids is 1. The number of carbonyl (C=O) groups excluding carboxylic acids is 1. The fourth-order valence-electron chi connectivity index (χ4n) is 2.23. The first-order valence-corrected chi connectivity index (χ1v) is 9.00. The maximum atomic E-state index is 12.3. The van der Waals surface area contributed by atoms with Gasteiger partial charge in [0, 0.05) is 23.1 Å². The molecule has 0 saturated heterocycles. The molecule has 0 saturated carbocycles. The number of amides is 1. The predicted molar refractivity (Wildman–Crippen MR) is 87.7 cm³/mol. The maximum Gasteiger partial charge on any atom is 0.326 e. The van der Waals surface area contributed by atoms with Crippen LogP contribution in [0.1, 0.15) is 20.3 Å². The van der Waals surface area contributed by atoms with Gasteiger partial charge in [0.15, 0.2) is 11.5 Å². The highest BCUT2D eigenvalue weighted by Crippen LogP contribution is 2.31. The van der Waals surface area contributed by atoms with E-state index in [1.165, 1.54) is 0 Å². The van der Waals surface area contributed by atoms with E-state index in [9.17, 15) is 13.8 Å². The molecule has 24 heavy (non-hydrogen) atoms. The van der Waals surface area contributed by atoms with Crippen molar-refractivity contribution >= 4 is 22.7 Å². The SMILES string of the molecule is CC(C)[C@H](NC(=O)CCS(=O)c1ccc2c(c1)OCCO2)C(=O)O. The van der Waals surface area contributed by atoms with Gasteiger partial charge in [0.2, 0.25) is 5.91 Å². The Hall–Kier alpha value is -2.09. The number of aliphatic carboxylic acids is 1. The van der Waals surface area contributed by atoms with Crippen LogP contribution in [0.2, 0.25) is 0 Å². The summed E-state index contributed by atoms with van der Waals surface area (Å²) >= 11 is 0. The molecule has 0 radical (unpaired) electrons. The van der Waals surface area contributed by atoms with Gasteiger partial charge >= 0.3 is 5.97 Å². The van der Waals surface area contributed by atoms with E-state index >= 15 is 0 Å². The maximum absolute atomic E-state index is 12.3. The molecule has 1 amide bonds. The first kappa shape index (κ1) is 18.3. The number of hydrogen-bond acceptors (Lipinski definition) is 5. The minimum atomic E-state index is -1.38. The molecule has 7 nitrogen and oxygen atoms in total. The number of fused-ring (bicyclic) bond motifs is 1. The monoisotopic (exact) mass is 355 g/mol. The predicted octanol–water partition coefficient (Wildman–Crippen LogP) is 1.18. The van der Waals surface area contributed by atoms with Crippen molar-refractivity contribution in [2.24, 2.45) is 5.92 Å². The highest BCUT2D eigenvalue weighted by atomic mass is 32.2. The summed E-state index contributed by atoms with van der Waals surface area (Å²) in [5, 5.41) is 11.5. The van der Waals surface area contributed by atoms with Gasteiger partial charge in [0.25, 0.3) is 0 Å². The molecule has 0 fully saturated rings. The molecule has 0 aromatic heterocycles. The summed E-state index contributed by atoms with van der Waals surface area (Å²) in [5.74, 6) is -0.470. The molecule has 1 aromatic carbocycles. The summed E-state index contributed by atoms with van der Waals surface area (Å²) in [6.07, 6.45) is -0.0163. The third-order valence-corrected chi connectivity index (χ3v) is 4.89. The molecule has 2 N–H and O–H groups in total. The van der Waals surface area contributed by atoms with E-state index in [1.54, 1.807) is 32.0 Å². The molecule has 0 spiro atoms. The minimum absolute atomic E-state index is 0.0163. The van der Waals surface area contributed by atoms with Crippen LogP contribution in [0.3, 0.4) is 0 Å². The van der Waals surface area contributed by atoms with Crippen molar-refractivity contribution < 1.29 is 28.4 Å². The fraction of sp³-hybridized carbons (Fsp3) is 0.500. The Labute approximate surface area is 142 Å². The molecule has 2 rings (SSSR count). The molecule has 1 aliphatic heterocycles. The smallest absolute Gasteiger partial charge is 0.326 e. The lowest BCUT2D eigenvalue weighted by atomic mass is 10.0. The Morgan fingerprint density at radius 1 is 1.25 bits per heavy atom. The zero-order valence-corrected chi connectivity index (χ0v) is 14.4. The van der Waals surface area contributed by atoms with Crippen LogP contribution in [-0.4, -0.2) is 46.2 Å². The molecule has 1 heterocycles. The van der Waals surface area contributed by atoms with Crippen LogP contribution in [0.5, 0.6) is 11.5 Å². The first-order valence-electron chi connectivity index (χ1n) is 7.68. The first-order chi connectivity index (χ1) is 11.4. The summed E-state index contributed by atoms with van der Waals surface area (Å²) in [4.78, 5) is 23.5. The molecule has 0 aliphatic carbocycles.